The first kappa shape index (κ1) is 14.7. The molecule has 0 aliphatic rings. The van der Waals surface area contributed by atoms with Crippen LogP contribution in [0.2, 0.25) is 0 Å². The third-order valence-electron chi connectivity index (χ3n) is 3.18. The van der Waals surface area contributed by atoms with Gasteiger partial charge in [-0.05, 0) is 47.4 Å². The summed E-state index contributed by atoms with van der Waals surface area (Å²) in [6, 6.07) is 11.0. The maximum atomic E-state index is 11.0. The zero-order chi connectivity index (χ0) is 15.4. The molecule has 0 aliphatic heterocycles. The molecule has 2 aromatic rings. The topological polar surface area (TPSA) is 94.8 Å². The fourth-order valence-corrected chi connectivity index (χ4v) is 2.13. The first-order valence-electron chi connectivity index (χ1n) is 6.33. The van der Waals surface area contributed by atoms with Crippen molar-refractivity contribution >= 4 is 11.9 Å². The lowest BCUT2D eigenvalue weighted by Crippen LogP contribution is -2.01. The zero-order valence-corrected chi connectivity index (χ0v) is 11.1. The average molecular weight is 286 g/mol. The van der Waals surface area contributed by atoms with Crippen LogP contribution in [0.25, 0.3) is 11.1 Å². The first-order chi connectivity index (χ1) is 10.0. The molecular formula is C16H14O5. The average Bonchev–Trinajstić information content (AvgIpc) is 2.47. The SMILES string of the molecule is O=C(O)c1ccc(-c2ccc(C(=O)O)cc2CCO)cc1. The molecule has 0 amide bonds. The van der Waals surface area contributed by atoms with E-state index in [4.69, 9.17) is 15.3 Å². The second kappa shape index (κ2) is 6.19. The van der Waals surface area contributed by atoms with Crippen LogP contribution >= 0.6 is 0 Å². The minimum Gasteiger partial charge on any atom is -0.478 e. The van der Waals surface area contributed by atoms with Crippen molar-refractivity contribution in [3.63, 3.8) is 0 Å². The van der Waals surface area contributed by atoms with Gasteiger partial charge in [0.05, 0.1) is 11.1 Å². The molecule has 0 saturated carbocycles. The van der Waals surface area contributed by atoms with Gasteiger partial charge >= 0.3 is 11.9 Å². The van der Waals surface area contributed by atoms with E-state index in [-0.39, 0.29) is 17.7 Å². The van der Waals surface area contributed by atoms with E-state index in [0.717, 1.165) is 11.1 Å². The summed E-state index contributed by atoms with van der Waals surface area (Å²) in [5.41, 5.74) is 2.61. The van der Waals surface area contributed by atoms with Crippen LogP contribution in [0.15, 0.2) is 42.5 Å². The fourth-order valence-electron chi connectivity index (χ4n) is 2.13. The third-order valence-corrected chi connectivity index (χ3v) is 3.18. The van der Waals surface area contributed by atoms with E-state index in [1.165, 1.54) is 24.3 Å². The Labute approximate surface area is 121 Å². The minimum absolute atomic E-state index is 0.0940. The molecule has 0 aromatic heterocycles. The summed E-state index contributed by atoms with van der Waals surface area (Å²) < 4.78 is 0. The van der Waals surface area contributed by atoms with Crippen molar-refractivity contribution in [3.05, 3.63) is 59.2 Å². The van der Waals surface area contributed by atoms with Crippen LogP contribution < -0.4 is 0 Å². The van der Waals surface area contributed by atoms with E-state index in [1.54, 1.807) is 18.2 Å². The number of benzene rings is 2. The maximum Gasteiger partial charge on any atom is 0.335 e. The highest BCUT2D eigenvalue weighted by Gasteiger charge is 2.10. The molecule has 0 unspecified atom stereocenters. The molecule has 0 saturated heterocycles. The second-order valence-corrected chi connectivity index (χ2v) is 4.53. The van der Waals surface area contributed by atoms with Crippen molar-refractivity contribution in [2.75, 3.05) is 6.61 Å². The van der Waals surface area contributed by atoms with Crippen molar-refractivity contribution in [3.8, 4) is 11.1 Å². The quantitative estimate of drug-likeness (QED) is 0.783. The lowest BCUT2D eigenvalue weighted by molar-refractivity contribution is 0.0686. The highest BCUT2D eigenvalue weighted by Crippen LogP contribution is 2.26. The van der Waals surface area contributed by atoms with Crippen molar-refractivity contribution < 1.29 is 24.9 Å². The molecule has 0 bridgehead atoms. The highest BCUT2D eigenvalue weighted by molar-refractivity contribution is 5.90. The van der Waals surface area contributed by atoms with E-state index in [1.807, 2.05) is 0 Å². The van der Waals surface area contributed by atoms with Crippen molar-refractivity contribution in [2.45, 2.75) is 6.42 Å². The van der Waals surface area contributed by atoms with Gasteiger partial charge in [0.25, 0.3) is 0 Å². The van der Waals surface area contributed by atoms with Gasteiger partial charge in [-0.25, -0.2) is 9.59 Å². The van der Waals surface area contributed by atoms with E-state index in [0.29, 0.717) is 12.0 Å². The standard InChI is InChI=1S/C16H14O5/c17-8-7-12-9-13(16(20)21)5-6-14(12)10-1-3-11(4-2-10)15(18)19/h1-6,9,17H,7-8H2,(H,18,19)(H,20,21). The third kappa shape index (κ3) is 3.27. The summed E-state index contributed by atoms with van der Waals surface area (Å²) in [7, 11) is 0. The molecule has 0 radical (unpaired) electrons. The van der Waals surface area contributed by atoms with Crippen molar-refractivity contribution in [2.24, 2.45) is 0 Å². The van der Waals surface area contributed by atoms with Gasteiger partial charge in [-0.15, -0.1) is 0 Å². The number of carboxylic acids is 2. The van der Waals surface area contributed by atoms with E-state index in [2.05, 4.69) is 0 Å². The van der Waals surface area contributed by atoms with Crippen LogP contribution in [0.4, 0.5) is 0 Å². The highest BCUT2D eigenvalue weighted by atomic mass is 16.4. The largest absolute Gasteiger partial charge is 0.478 e. The number of aromatic carboxylic acids is 2. The fraction of sp³-hybridized carbons (Fsp3) is 0.125. The molecular weight excluding hydrogens is 272 g/mol. The maximum absolute atomic E-state index is 11.0. The minimum atomic E-state index is -1.03. The molecule has 2 rings (SSSR count). The number of hydrogen-bond donors (Lipinski definition) is 3. The summed E-state index contributed by atoms with van der Waals surface area (Å²) in [5, 5.41) is 27.0. The molecule has 0 spiro atoms. The first-order valence-corrected chi connectivity index (χ1v) is 6.33. The molecule has 5 heteroatoms. The Balaban J connectivity index is 2.46. The number of hydrogen-bond acceptors (Lipinski definition) is 3. The van der Waals surface area contributed by atoms with Gasteiger partial charge in [0, 0.05) is 6.61 Å². The number of rotatable bonds is 5. The van der Waals surface area contributed by atoms with Crippen LogP contribution in [0.1, 0.15) is 26.3 Å². The van der Waals surface area contributed by atoms with Gasteiger partial charge in [-0.1, -0.05) is 18.2 Å². The van der Waals surface area contributed by atoms with E-state index >= 15 is 0 Å². The Morgan fingerprint density at radius 1 is 0.857 bits per heavy atom. The predicted molar refractivity (Wildman–Crippen MR) is 76.6 cm³/mol. The molecule has 0 atom stereocenters. The summed E-state index contributed by atoms with van der Waals surface area (Å²) in [4.78, 5) is 21.8. The Kier molecular flexibility index (Phi) is 4.35. The summed E-state index contributed by atoms with van der Waals surface area (Å²) in [6.07, 6.45) is 0.330. The van der Waals surface area contributed by atoms with Gasteiger partial charge in [0.1, 0.15) is 0 Å². The van der Waals surface area contributed by atoms with E-state index in [9.17, 15) is 9.59 Å². The number of aliphatic hydroxyl groups excluding tert-OH is 1. The van der Waals surface area contributed by atoms with Gasteiger partial charge in [-0.2, -0.15) is 0 Å². The molecule has 2 aromatic carbocycles. The lowest BCUT2D eigenvalue weighted by Gasteiger charge is -2.10. The Morgan fingerprint density at radius 3 is 1.95 bits per heavy atom. The van der Waals surface area contributed by atoms with E-state index < -0.39 is 11.9 Å². The Hall–Kier alpha value is -2.66. The van der Waals surface area contributed by atoms with Crippen molar-refractivity contribution in [1.82, 2.24) is 0 Å². The normalized spacial score (nSPS) is 10.3. The van der Waals surface area contributed by atoms with Crippen LogP contribution in [0.5, 0.6) is 0 Å². The second-order valence-electron chi connectivity index (χ2n) is 4.53. The van der Waals surface area contributed by atoms with Crippen LogP contribution in [0, 0.1) is 0 Å². The predicted octanol–water partition coefficient (Wildman–Crippen LogP) is 2.28. The molecule has 21 heavy (non-hydrogen) atoms. The smallest absolute Gasteiger partial charge is 0.335 e. The molecule has 0 fully saturated rings. The zero-order valence-electron chi connectivity index (χ0n) is 11.1. The van der Waals surface area contributed by atoms with Gasteiger partial charge in [0.15, 0.2) is 0 Å². The Morgan fingerprint density at radius 2 is 1.43 bits per heavy atom. The number of carboxylic acid groups (broad SMARTS) is 2. The van der Waals surface area contributed by atoms with Crippen LogP contribution in [-0.2, 0) is 6.42 Å². The number of aliphatic hydroxyl groups is 1. The molecule has 3 N–H and O–H groups in total. The summed E-state index contributed by atoms with van der Waals surface area (Å²) >= 11 is 0. The summed E-state index contributed by atoms with van der Waals surface area (Å²) in [6.45, 7) is -0.0940. The molecule has 5 nitrogen and oxygen atoms in total. The van der Waals surface area contributed by atoms with Crippen molar-refractivity contribution in [1.29, 1.82) is 0 Å². The van der Waals surface area contributed by atoms with Crippen LogP contribution in [0.3, 0.4) is 0 Å². The van der Waals surface area contributed by atoms with Gasteiger partial charge in [-0.3, -0.25) is 0 Å². The number of carbonyl (C=O) groups is 2. The Bertz CT molecular complexity index is 674. The van der Waals surface area contributed by atoms with Crippen LogP contribution in [-0.4, -0.2) is 33.9 Å². The van der Waals surface area contributed by atoms with Gasteiger partial charge in [0.2, 0.25) is 0 Å². The lowest BCUT2D eigenvalue weighted by atomic mass is 9.95. The van der Waals surface area contributed by atoms with Gasteiger partial charge < -0.3 is 15.3 Å². The monoisotopic (exact) mass is 286 g/mol. The molecule has 0 aliphatic carbocycles. The molecule has 0 heterocycles. The molecule has 108 valence electrons. The summed E-state index contributed by atoms with van der Waals surface area (Å²) in [5.74, 6) is -2.03.